The maximum Gasteiger partial charge on any atom is 0.273 e. The molecule has 4 rings (SSSR count). The molecule has 4 aromatic rings. The third-order valence-electron chi connectivity index (χ3n) is 7.81. The van der Waals surface area contributed by atoms with Crippen molar-refractivity contribution in [3.8, 4) is 5.75 Å². The Labute approximate surface area is 287 Å². The molecule has 0 aromatic heterocycles. The Bertz CT molecular complexity index is 1910. The summed E-state index contributed by atoms with van der Waals surface area (Å²) in [4.78, 5) is 40.8. The van der Waals surface area contributed by atoms with Crippen LogP contribution in [-0.2, 0) is 32.6 Å². The predicted octanol–water partition coefficient (Wildman–Crippen LogP) is 5.97. The molecule has 49 heavy (non-hydrogen) atoms. The Morgan fingerprint density at radius 1 is 0.898 bits per heavy atom. The number of amides is 2. The quantitative estimate of drug-likeness (QED) is 0.135. The first kappa shape index (κ1) is 36.6. The summed E-state index contributed by atoms with van der Waals surface area (Å²) in [5, 5.41) is 14.8. The third kappa shape index (κ3) is 9.44. The van der Waals surface area contributed by atoms with Gasteiger partial charge < -0.3 is 15.0 Å². The molecule has 0 aliphatic rings. The predicted molar refractivity (Wildman–Crippen MR) is 189 cm³/mol. The highest BCUT2D eigenvalue weighted by molar-refractivity contribution is 7.92. The molecule has 1 atom stereocenters. The van der Waals surface area contributed by atoms with E-state index in [9.17, 15) is 28.1 Å². The first-order valence-corrected chi connectivity index (χ1v) is 17.2. The van der Waals surface area contributed by atoms with E-state index in [1.54, 1.807) is 12.1 Å². The summed E-state index contributed by atoms with van der Waals surface area (Å²) in [6.07, 6.45) is 0.166. The fourth-order valence-electron chi connectivity index (χ4n) is 5.36. The van der Waals surface area contributed by atoms with Crippen LogP contribution in [0.15, 0.2) is 102 Å². The summed E-state index contributed by atoms with van der Waals surface area (Å²) in [5.41, 5.74) is 1.94. The number of nitro benzene ring substituents is 1. The molecule has 0 radical (unpaired) electrons. The SMILES string of the molecule is COc1ccc(N(CC(=O)N(Cc2cccc(C)c2)[C@H](Cc2ccccc2)C(=O)NC(C)(C)C)S(=O)(=O)c2ccc(C)c([N+](=O)[O-])c2)cc1. The number of anilines is 1. The molecular formula is C37H42N4O7S. The Morgan fingerprint density at radius 3 is 2.14 bits per heavy atom. The van der Waals surface area contributed by atoms with Crippen molar-refractivity contribution < 1.29 is 27.7 Å². The van der Waals surface area contributed by atoms with Crippen molar-refractivity contribution in [1.29, 1.82) is 0 Å². The van der Waals surface area contributed by atoms with Gasteiger partial charge in [0, 0.05) is 30.1 Å². The van der Waals surface area contributed by atoms with Crippen LogP contribution in [0, 0.1) is 24.0 Å². The first-order valence-electron chi connectivity index (χ1n) is 15.7. The zero-order valence-electron chi connectivity index (χ0n) is 28.5. The number of nitrogens with one attached hydrogen (secondary N) is 1. The number of nitro groups is 1. The van der Waals surface area contributed by atoms with Crippen molar-refractivity contribution in [3.63, 3.8) is 0 Å². The number of nitrogens with zero attached hydrogens (tertiary/aromatic N) is 3. The lowest BCUT2D eigenvalue weighted by Gasteiger charge is -2.35. The average Bonchev–Trinajstić information content (AvgIpc) is 3.04. The highest BCUT2D eigenvalue weighted by Crippen LogP contribution is 2.30. The van der Waals surface area contributed by atoms with Crippen molar-refractivity contribution in [1.82, 2.24) is 10.2 Å². The fraction of sp³-hybridized carbons (Fsp3) is 0.297. The standard InChI is InChI=1S/C37H42N4O7S/c1-26-11-10-14-29(21-26)24-39(34(36(43)38-37(3,4)5)22-28-12-8-7-9-13-28)35(42)25-40(30-16-18-31(48-6)19-17-30)49(46,47)32-20-15-27(2)33(23-32)41(44)45/h7-21,23,34H,22,24-25H2,1-6H3,(H,38,43)/t34-/m1/s1. The number of benzene rings is 4. The van der Waals surface area contributed by atoms with Crippen LogP contribution >= 0.6 is 0 Å². The molecule has 0 saturated heterocycles. The lowest BCUT2D eigenvalue weighted by atomic mass is 10.0. The number of carbonyl (C=O) groups excluding carboxylic acids is 2. The van der Waals surface area contributed by atoms with E-state index in [0.717, 1.165) is 27.1 Å². The van der Waals surface area contributed by atoms with Gasteiger partial charge in [0.1, 0.15) is 18.3 Å². The largest absolute Gasteiger partial charge is 0.497 e. The molecular weight excluding hydrogens is 644 g/mol. The second kappa shape index (κ2) is 15.3. The van der Waals surface area contributed by atoms with Gasteiger partial charge in [0.25, 0.3) is 15.7 Å². The van der Waals surface area contributed by atoms with Gasteiger partial charge in [-0.3, -0.25) is 24.0 Å². The topological polar surface area (TPSA) is 139 Å². The van der Waals surface area contributed by atoms with Gasteiger partial charge >= 0.3 is 0 Å². The smallest absolute Gasteiger partial charge is 0.273 e. The van der Waals surface area contributed by atoms with Gasteiger partial charge in [0.2, 0.25) is 11.8 Å². The summed E-state index contributed by atoms with van der Waals surface area (Å²) in [7, 11) is -3.08. The monoisotopic (exact) mass is 686 g/mol. The van der Waals surface area contributed by atoms with Crippen LogP contribution in [-0.4, -0.2) is 55.3 Å². The van der Waals surface area contributed by atoms with Gasteiger partial charge in [-0.15, -0.1) is 0 Å². The summed E-state index contributed by atoms with van der Waals surface area (Å²) >= 11 is 0. The zero-order chi connectivity index (χ0) is 35.9. The van der Waals surface area contributed by atoms with E-state index in [4.69, 9.17) is 4.74 Å². The molecule has 12 heteroatoms. The minimum Gasteiger partial charge on any atom is -0.497 e. The molecule has 2 amide bonds. The first-order chi connectivity index (χ1) is 23.1. The molecule has 258 valence electrons. The van der Waals surface area contributed by atoms with Crippen LogP contribution in [0.25, 0.3) is 0 Å². The molecule has 0 bridgehead atoms. The number of ether oxygens (including phenoxy) is 1. The number of methoxy groups -OCH3 is 1. The second-order valence-corrected chi connectivity index (χ2v) is 14.7. The minimum absolute atomic E-state index is 0.0160. The molecule has 0 spiro atoms. The molecule has 0 fully saturated rings. The highest BCUT2D eigenvalue weighted by atomic mass is 32.2. The summed E-state index contributed by atoms with van der Waals surface area (Å²) in [5.74, 6) is -0.584. The van der Waals surface area contributed by atoms with Crippen LogP contribution in [0.5, 0.6) is 5.75 Å². The molecule has 0 aliphatic heterocycles. The Kier molecular flexibility index (Phi) is 11.5. The maximum atomic E-state index is 14.7. The molecule has 0 aliphatic carbocycles. The number of rotatable bonds is 13. The lowest BCUT2D eigenvalue weighted by molar-refractivity contribution is -0.385. The van der Waals surface area contributed by atoms with Gasteiger partial charge in [0.05, 0.1) is 22.6 Å². The Morgan fingerprint density at radius 2 is 1.55 bits per heavy atom. The van der Waals surface area contributed by atoms with Crippen molar-refractivity contribution in [2.24, 2.45) is 0 Å². The van der Waals surface area contributed by atoms with E-state index in [1.165, 1.54) is 43.2 Å². The van der Waals surface area contributed by atoms with E-state index < -0.39 is 44.9 Å². The zero-order valence-corrected chi connectivity index (χ0v) is 29.4. The van der Waals surface area contributed by atoms with E-state index >= 15 is 0 Å². The normalized spacial score (nSPS) is 12.1. The molecule has 4 aromatic carbocycles. The molecule has 0 heterocycles. The number of hydrogen-bond donors (Lipinski definition) is 1. The molecule has 11 nitrogen and oxygen atoms in total. The molecule has 0 unspecified atom stereocenters. The Balaban J connectivity index is 1.86. The average molecular weight is 687 g/mol. The number of carbonyl (C=O) groups is 2. The second-order valence-electron chi connectivity index (χ2n) is 12.9. The van der Waals surface area contributed by atoms with Gasteiger partial charge in [-0.25, -0.2) is 8.42 Å². The molecule has 1 N–H and O–H groups in total. The minimum atomic E-state index is -4.55. The summed E-state index contributed by atoms with van der Waals surface area (Å²) < 4.78 is 34.8. The maximum absolute atomic E-state index is 14.7. The van der Waals surface area contributed by atoms with E-state index in [1.807, 2.05) is 82.3 Å². The van der Waals surface area contributed by atoms with Gasteiger partial charge in [-0.1, -0.05) is 66.2 Å². The summed E-state index contributed by atoms with van der Waals surface area (Å²) in [6.45, 7) is 8.28. The van der Waals surface area contributed by atoms with Crippen molar-refractivity contribution in [2.75, 3.05) is 18.0 Å². The van der Waals surface area contributed by atoms with Crippen molar-refractivity contribution in [2.45, 2.75) is 64.1 Å². The fourth-order valence-corrected chi connectivity index (χ4v) is 6.80. The van der Waals surface area contributed by atoms with Crippen LogP contribution in [0.2, 0.25) is 0 Å². The van der Waals surface area contributed by atoms with Crippen LogP contribution < -0.4 is 14.4 Å². The van der Waals surface area contributed by atoms with Gasteiger partial charge in [-0.2, -0.15) is 0 Å². The van der Waals surface area contributed by atoms with E-state index in [2.05, 4.69) is 5.32 Å². The van der Waals surface area contributed by atoms with Crippen LogP contribution in [0.3, 0.4) is 0 Å². The number of hydrogen-bond acceptors (Lipinski definition) is 7. The van der Waals surface area contributed by atoms with E-state index in [0.29, 0.717) is 5.75 Å². The number of aryl methyl sites for hydroxylation is 2. The van der Waals surface area contributed by atoms with Crippen LogP contribution in [0.1, 0.15) is 43.0 Å². The van der Waals surface area contributed by atoms with Crippen molar-refractivity contribution >= 4 is 33.2 Å². The summed E-state index contributed by atoms with van der Waals surface area (Å²) in [6, 6.07) is 25.5. The van der Waals surface area contributed by atoms with Gasteiger partial charge in [-0.05, 0) is 76.1 Å². The number of sulfonamides is 1. The highest BCUT2D eigenvalue weighted by Gasteiger charge is 2.36. The lowest BCUT2D eigenvalue weighted by Crippen LogP contribution is -2.56. The molecule has 0 saturated carbocycles. The third-order valence-corrected chi connectivity index (χ3v) is 9.58. The van der Waals surface area contributed by atoms with Gasteiger partial charge in [0.15, 0.2) is 0 Å². The van der Waals surface area contributed by atoms with Crippen molar-refractivity contribution in [3.05, 3.63) is 129 Å². The van der Waals surface area contributed by atoms with Crippen LogP contribution in [0.4, 0.5) is 11.4 Å². The Hall–Kier alpha value is -5.23. The van der Waals surface area contributed by atoms with E-state index in [-0.39, 0.29) is 34.8 Å².